The third kappa shape index (κ3) is 4.67. The van der Waals surface area contributed by atoms with Gasteiger partial charge in [0.15, 0.2) is 0 Å². The van der Waals surface area contributed by atoms with E-state index in [1.165, 1.54) is 3.61 Å². The molecule has 0 aliphatic heterocycles. The van der Waals surface area contributed by atoms with Gasteiger partial charge in [0.1, 0.15) is 0 Å². The molecule has 0 heterocycles. The Morgan fingerprint density at radius 2 is 1.29 bits per heavy atom. The van der Waals surface area contributed by atoms with Crippen molar-refractivity contribution in [1.82, 2.24) is 0 Å². The predicted molar refractivity (Wildman–Crippen MR) is 105 cm³/mol. The van der Waals surface area contributed by atoms with E-state index in [0.717, 1.165) is 19.2 Å². The summed E-state index contributed by atoms with van der Waals surface area (Å²) in [5, 5.41) is 0. The van der Waals surface area contributed by atoms with Gasteiger partial charge in [-0.15, -0.1) is 0 Å². The summed E-state index contributed by atoms with van der Waals surface area (Å²) in [5.74, 6) is 0.0664. The Morgan fingerprint density at radius 3 is 1.88 bits per heavy atom. The van der Waals surface area contributed by atoms with E-state index < -0.39 is 20.9 Å². The summed E-state index contributed by atoms with van der Waals surface area (Å²) in [5.41, 5.74) is 1.86. The molecule has 118 valence electrons. The average Bonchev–Trinajstić information content (AvgIpc) is 2.64. The van der Waals surface area contributed by atoms with Gasteiger partial charge in [-0.3, -0.25) is 0 Å². The number of rotatable bonds is 5. The van der Waals surface area contributed by atoms with Gasteiger partial charge in [-0.05, 0) is 0 Å². The fourth-order valence-corrected chi connectivity index (χ4v) is 5.17. The minimum absolute atomic E-state index is 0.0664. The molecule has 0 aliphatic carbocycles. The second-order valence-corrected chi connectivity index (χ2v) is 9.26. The zero-order valence-electron chi connectivity index (χ0n) is 12.9. The van der Waals surface area contributed by atoms with E-state index in [2.05, 4.69) is 52.3 Å². The van der Waals surface area contributed by atoms with E-state index in [4.69, 9.17) is 0 Å². The number of halogens is 1. The van der Waals surface area contributed by atoms with Crippen molar-refractivity contribution in [2.45, 2.75) is 0 Å². The van der Waals surface area contributed by atoms with Crippen LogP contribution in [0.2, 0.25) is 0 Å². The number of allylic oxidation sites excluding steroid dienone is 1. The Bertz CT molecular complexity index is 840. The van der Waals surface area contributed by atoms with Crippen LogP contribution in [0, 0.1) is 0 Å². The van der Waals surface area contributed by atoms with Crippen molar-refractivity contribution in [3.8, 4) is 0 Å². The van der Waals surface area contributed by atoms with E-state index in [1.807, 2.05) is 54.6 Å². The molecule has 0 saturated carbocycles. The topological polar surface area (TPSA) is 17.1 Å². The zero-order valence-corrected chi connectivity index (χ0v) is 16.8. The van der Waals surface area contributed by atoms with Crippen molar-refractivity contribution < 1.29 is 4.79 Å². The van der Waals surface area contributed by atoms with E-state index in [0.29, 0.717) is 0 Å². The molecule has 0 amide bonds. The molecule has 0 fully saturated rings. The molecule has 24 heavy (non-hydrogen) atoms. The number of hydrogen-bond donors (Lipinski definition) is 0. The first-order chi connectivity index (χ1) is 11.7. The van der Waals surface area contributed by atoms with Crippen LogP contribution in [0.5, 0.6) is 0 Å². The van der Waals surface area contributed by atoms with Crippen LogP contribution in [-0.2, 0) is 0 Å². The molecule has 3 aromatic rings. The first-order valence-corrected chi connectivity index (χ1v) is 10.6. The van der Waals surface area contributed by atoms with Gasteiger partial charge < -0.3 is 0 Å². The number of hydrogen-bond acceptors (Lipinski definition) is 1. The molecule has 0 spiro atoms. The molecule has 0 aromatic heterocycles. The minimum atomic E-state index is -0.647. The molecule has 0 atom stereocenters. The van der Waals surface area contributed by atoms with Gasteiger partial charge >= 0.3 is 161 Å². The van der Waals surface area contributed by atoms with Crippen LogP contribution in [0.1, 0.15) is 15.9 Å². The summed E-state index contributed by atoms with van der Waals surface area (Å²) in [6.07, 6.45) is 1.81. The molecule has 3 aromatic carbocycles. The van der Waals surface area contributed by atoms with Gasteiger partial charge in [0.25, 0.3) is 0 Å². The monoisotopic (exact) mass is 492 g/mol. The Balaban J connectivity index is 1.94. The van der Waals surface area contributed by atoms with Crippen LogP contribution >= 0.6 is 15.9 Å². The average molecular weight is 491 g/mol. The van der Waals surface area contributed by atoms with Crippen LogP contribution in [-0.4, -0.2) is 26.7 Å². The SMILES string of the molecule is O=C(/C=C(\[Te]c1ccc(Br)cc1)c1ccccc1)c1ccccc1. The first kappa shape index (κ1) is 17.2. The van der Waals surface area contributed by atoms with E-state index in [9.17, 15) is 4.79 Å². The van der Waals surface area contributed by atoms with Crippen LogP contribution in [0.4, 0.5) is 0 Å². The van der Waals surface area contributed by atoms with Crippen molar-refractivity contribution in [3.63, 3.8) is 0 Å². The van der Waals surface area contributed by atoms with Gasteiger partial charge in [-0.25, -0.2) is 0 Å². The maximum absolute atomic E-state index is 12.6. The molecule has 0 saturated heterocycles. The molecular weight excluding hydrogens is 476 g/mol. The first-order valence-electron chi connectivity index (χ1n) is 7.52. The van der Waals surface area contributed by atoms with Gasteiger partial charge in [-0.1, -0.05) is 0 Å². The molecule has 0 radical (unpaired) electrons. The van der Waals surface area contributed by atoms with Crippen molar-refractivity contribution in [3.05, 3.63) is 107 Å². The number of ketones is 1. The van der Waals surface area contributed by atoms with Gasteiger partial charge in [0.2, 0.25) is 0 Å². The zero-order chi connectivity index (χ0) is 16.8. The summed E-state index contributed by atoms with van der Waals surface area (Å²) in [4.78, 5) is 12.6. The number of benzene rings is 3. The molecule has 0 aliphatic rings. The second-order valence-electron chi connectivity index (χ2n) is 5.16. The third-order valence-corrected chi connectivity index (χ3v) is 7.04. The molecular formula is C21H15BrOTe. The molecule has 0 bridgehead atoms. The third-order valence-electron chi connectivity index (χ3n) is 3.42. The number of carbonyl (C=O) groups is 1. The van der Waals surface area contributed by atoms with Crippen molar-refractivity contribution in [1.29, 1.82) is 0 Å². The quantitative estimate of drug-likeness (QED) is 0.288. The van der Waals surface area contributed by atoms with E-state index >= 15 is 0 Å². The van der Waals surface area contributed by atoms with Crippen LogP contribution in [0.15, 0.2) is 95.5 Å². The summed E-state index contributed by atoms with van der Waals surface area (Å²) < 4.78 is 3.53. The Kier molecular flexibility index (Phi) is 6.04. The van der Waals surface area contributed by atoms with Crippen molar-refractivity contribution in [2.24, 2.45) is 0 Å². The van der Waals surface area contributed by atoms with Crippen LogP contribution < -0.4 is 3.61 Å². The summed E-state index contributed by atoms with van der Waals surface area (Å²) in [6.45, 7) is 0. The Hall–Kier alpha value is -1.66. The van der Waals surface area contributed by atoms with Crippen LogP contribution in [0.3, 0.4) is 0 Å². The van der Waals surface area contributed by atoms with Gasteiger partial charge in [0.05, 0.1) is 0 Å². The fraction of sp³-hybridized carbons (Fsp3) is 0. The molecule has 0 unspecified atom stereocenters. The standard InChI is InChI=1S/C21H15BrOTe/c22-18-11-13-19(14-12-18)24-21(17-9-5-2-6-10-17)15-20(23)16-7-3-1-4-8-16/h1-15H/b21-15-. The normalized spacial score (nSPS) is 11.3. The van der Waals surface area contributed by atoms with E-state index in [-0.39, 0.29) is 5.78 Å². The Labute approximate surface area is 160 Å². The summed E-state index contributed by atoms with van der Waals surface area (Å²) in [7, 11) is 0. The number of carbonyl (C=O) groups excluding carboxylic acids is 1. The summed E-state index contributed by atoms with van der Waals surface area (Å²) in [6, 6.07) is 28.0. The molecule has 0 N–H and O–H groups in total. The fourth-order valence-electron chi connectivity index (χ4n) is 2.21. The van der Waals surface area contributed by atoms with E-state index in [1.54, 1.807) is 0 Å². The van der Waals surface area contributed by atoms with Gasteiger partial charge in [0, 0.05) is 0 Å². The Morgan fingerprint density at radius 1 is 0.750 bits per heavy atom. The van der Waals surface area contributed by atoms with Crippen LogP contribution in [0.25, 0.3) is 3.62 Å². The molecule has 1 nitrogen and oxygen atoms in total. The molecule has 3 rings (SSSR count). The van der Waals surface area contributed by atoms with Crippen molar-refractivity contribution in [2.75, 3.05) is 0 Å². The van der Waals surface area contributed by atoms with Gasteiger partial charge in [-0.2, -0.15) is 0 Å². The van der Waals surface area contributed by atoms with Crippen molar-refractivity contribution >= 4 is 49.9 Å². The summed E-state index contributed by atoms with van der Waals surface area (Å²) >= 11 is 2.83. The molecule has 3 heteroatoms. The predicted octanol–water partition coefficient (Wildman–Crippen LogP) is 4.70. The maximum atomic E-state index is 12.6. The second kappa shape index (κ2) is 8.44.